The normalized spacial score (nSPS) is 22.0. The minimum Gasteiger partial charge on any atom is -0.341 e. The molecule has 1 aromatic rings. The third-order valence-corrected chi connectivity index (χ3v) is 5.13. The van der Waals surface area contributed by atoms with Crippen molar-refractivity contribution in [2.75, 3.05) is 39.3 Å². The van der Waals surface area contributed by atoms with Gasteiger partial charge in [0.05, 0.1) is 10.9 Å². The van der Waals surface area contributed by atoms with Gasteiger partial charge in [-0.05, 0) is 40.0 Å². The summed E-state index contributed by atoms with van der Waals surface area (Å²) in [5, 5.41) is 3.36. The standard InChI is InChI=1S/C16H21BrFN3O.ClH/c17-14-9-12(1-2-15(14)18)10-16(22)21-6-3-13(11-21)20-7-4-19-5-8-20;/h1-2,9,13,19H,3-8,10-11H2;1H. The molecule has 0 aromatic heterocycles. The zero-order chi connectivity index (χ0) is 15.5. The Kier molecular flexibility index (Phi) is 6.83. The number of likely N-dealkylation sites (tertiary alicyclic amines) is 1. The minimum atomic E-state index is -0.295. The number of hydrogen-bond donors (Lipinski definition) is 1. The topological polar surface area (TPSA) is 35.6 Å². The lowest BCUT2D eigenvalue weighted by molar-refractivity contribution is -0.129. The van der Waals surface area contributed by atoms with Gasteiger partial charge in [0.2, 0.25) is 5.91 Å². The third-order valence-electron chi connectivity index (χ3n) is 4.52. The van der Waals surface area contributed by atoms with Gasteiger partial charge < -0.3 is 10.2 Å². The van der Waals surface area contributed by atoms with Crippen LogP contribution in [0.4, 0.5) is 4.39 Å². The van der Waals surface area contributed by atoms with E-state index < -0.39 is 0 Å². The number of carbonyl (C=O) groups is 1. The molecule has 2 aliphatic heterocycles. The molecule has 0 radical (unpaired) electrons. The highest BCUT2D eigenvalue weighted by Gasteiger charge is 2.30. The predicted molar refractivity (Wildman–Crippen MR) is 94.5 cm³/mol. The number of halogens is 3. The van der Waals surface area contributed by atoms with Crippen molar-refractivity contribution >= 4 is 34.2 Å². The van der Waals surface area contributed by atoms with Crippen molar-refractivity contribution in [1.82, 2.24) is 15.1 Å². The molecule has 0 spiro atoms. The molecule has 2 aliphatic rings. The van der Waals surface area contributed by atoms with Gasteiger partial charge in [0.15, 0.2) is 0 Å². The molecule has 2 heterocycles. The van der Waals surface area contributed by atoms with Crippen molar-refractivity contribution < 1.29 is 9.18 Å². The van der Waals surface area contributed by atoms with Crippen molar-refractivity contribution in [2.24, 2.45) is 0 Å². The number of nitrogens with zero attached hydrogens (tertiary/aromatic N) is 2. The SMILES string of the molecule is Cl.O=C(Cc1ccc(F)c(Br)c1)N1CCC(N2CCNCC2)C1. The Labute approximate surface area is 150 Å². The van der Waals surface area contributed by atoms with Crippen LogP contribution in [0.15, 0.2) is 22.7 Å². The highest BCUT2D eigenvalue weighted by molar-refractivity contribution is 9.10. The molecule has 2 fully saturated rings. The molecule has 0 aliphatic carbocycles. The first-order chi connectivity index (χ1) is 10.6. The van der Waals surface area contributed by atoms with Crippen LogP contribution in [0.25, 0.3) is 0 Å². The van der Waals surface area contributed by atoms with E-state index in [0.29, 0.717) is 16.9 Å². The first-order valence-electron chi connectivity index (χ1n) is 7.80. The van der Waals surface area contributed by atoms with Gasteiger partial charge in [0.1, 0.15) is 5.82 Å². The number of piperazine rings is 1. The summed E-state index contributed by atoms with van der Waals surface area (Å²) in [6.45, 7) is 5.86. The Hall–Kier alpha value is -0.690. The van der Waals surface area contributed by atoms with Crippen LogP contribution in [0.1, 0.15) is 12.0 Å². The second kappa shape index (κ2) is 8.42. The van der Waals surface area contributed by atoms with Gasteiger partial charge in [-0.2, -0.15) is 0 Å². The lowest BCUT2D eigenvalue weighted by Gasteiger charge is -2.32. The zero-order valence-corrected chi connectivity index (χ0v) is 15.3. The van der Waals surface area contributed by atoms with E-state index in [0.717, 1.165) is 51.3 Å². The molecule has 1 amide bonds. The van der Waals surface area contributed by atoms with Crippen LogP contribution >= 0.6 is 28.3 Å². The van der Waals surface area contributed by atoms with Gasteiger partial charge in [0.25, 0.3) is 0 Å². The Morgan fingerprint density at radius 3 is 2.74 bits per heavy atom. The highest BCUT2D eigenvalue weighted by Crippen LogP contribution is 2.20. The Morgan fingerprint density at radius 2 is 2.04 bits per heavy atom. The van der Waals surface area contributed by atoms with Crippen molar-refractivity contribution in [1.29, 1.82) is 0 Å². The van der Waals surface area contributed by atoms with E-state index in [2.05, 4.69) is 26.1 Å². The number of carbonyl (C=O) groups excluding carboxylic acids is 1. The maximum absolute atomic E-state index is 13.2. The van der Waals surface area contributed by atoms with Crippen LogP contribution in [0.3, 0.4) is 0 Å². The van der Waals surface area contributed by atoms with Gasteiger partial charge in [-0.25, -0.2) is 4.39 Å². The number of amides is 1. The van der Waals surface area contributed by atoms with Crippen LogP contribution in [-0.4, -0.2) is 61.0 Å². The molecule has 1 N–H and O–H groups in total. The molecule has 0 bridgehead atoms. The van der Waals surface area contributed by atoms with Crippen LogP contribution < -0.4 is 5.32 Å². The molecule has 1 atom stereocenters. The van der Waals surface area contributed by atoms with E-state index in [4.69, 9.17) is 0 Å². The largest absolute Gasteiger partial charge is 0.341 e. The smallest absolute Gasteiger partial charge is 0.227 e. The van der Waals surface area contributed by atoms with Crippen molar-refractivity contribution in [3.63, 3.8) is 0 Å². The molecule has 4 nitrogen and oxygen atoms in total. The molecule has 1 unspecified atom stereocenters. The second-order valence-electron chi connectivity index (χ2n) is 5.99. The maximum Gasteiger partial charge on any atom is 0.227 e. The van der Waals surface area contributed by atoms with E-state index in [1.165, 1.54) is 6.07 Å². The van der Waals surface area contributed by atoms with E-state index in [9.17, 15) is 9.18 Å². The molecule has 0 saturated carbocycles. The Balaban J connectivity index is 0.00000192. The van der Waals surface area contributed by atoms with Gasteiger partial charge in [0, 0.05) is 45.3 Å². The summed E-state index contributed by atoms with van der Waals surface area (Å²) in [6.07, 6.45) is 1.39. The Bertz CT molecular complexity index is 554. The number of benzene rings is 1. The number of hydrogen-bond acceptors (Lipinski definition) is 3. The van der Waals surface area contributed by atoms with Crippen LogP contribution in [0.5, 0.6) is 0 Å². The van der Waals surface area contributed by atoms with E-state index >= 15 is 0 Å². The lowest BCUT2D eigenvalue weighted by atomic mass is 10.1. The fourth-order valence-electron chi connectivity index (χ4n) is 3.25. The van der Waals surface area contributed by atoms with Crippen LogP contribution in [0.2, 0.25) is 0 Å². The summed E-state index contributed by atoms with van der Waals surface area (Å²) in [4.78, 5) is 16.9. The van der Waals surface area contributed by atoms with Crippen LogP contribution in [0, 0.1) is 5.82 Å². The van der Waals surface area contributed by atoms with E-state index in [1.807, 2.05) is 4.90 Å². The Morgan fingerprint density at radius 1 is 1.30 bits per heavy atom. The highest BCUT2D eigenvalue weighted by atomic mass is 79.9. The van der Waals surface area contributed by atoms with Gasteiger partial charge >= 0.3 is 0 Å². The first kappa shape index (κ1) is 18.6. The van der Waals surface area contributed by atoms with E-state index in [-0.39, 0.29) is 24.1 Å². The minimum absolute atomic E-state index is 0. The molecule has 3 rings (SSSR count). The second-order valence-corrected chi connectivity index (χ2v) is 6.85. The number of nitrogens with one attached hydrogen (secondary N) is 1. The monoisotopic (exact) mass is 405 g/mol. The zero-order valence-electron chi connectivity index (χ0n) is 12.9. The predicted octanol–water partition coefficient (Wildman–Crippen LogP) is 2.06. The molecule has 2 saturated heterocycles. The van der Waals surface area contributed by atoms with Crippen molar-refractivity contribution in [3.05, 3.63) is 34.1 Å². The van der Waals surface area contributed by atoms with Crippen molar-refractivity contribution in [3.8, 4) is 0 Å². The molecular formula is C16H22BrClFN3O. The maximum atomic E-state index is 13.2. The van der Waals surface area contributed by atoms with Gasteiger partial charge in [-0.1, -0.05) is 6.07 Å². The van der Waals surface area contributed by atoms with Gasteiger partial charge in [-0.15, -0.1) is 12.4 Å². The molecule has 128 valence electrons. The first-order valence-corrected chi connectivity index (χ1v) is 8.59. The third kappa shape index (κ3) is 4.66. The molecule has 23 heavy (non-hydrogen) atoms. The molecular weight excluding hydrogens is 385 g/mol. The average Bonchev–Trinajstić information content (AvgIpc) is 3.02. The summed E-state index contributed by atoms with van der Waals surface area (Å²) in [5.74, 6) is -0.160. The van der Waals surface area contributed by atoms with Gasteiger partial charge in [-0.3, -0.25) is 9.69 Å². The van der Waals surface area contributed by atoms with Crippen molar-refractivity contribution in [2.45, 2.75) is 18.9 Å². The summed E-state index contributed by atoms with van der Waals surface area (Å²) >= 11 is 3.17. The lowest BCUT2D eigenvalue weighted by Crippen LogP contribution is -2.49. The summed E-state index contributed by atoms with van der Waals surface area (Å²) in [6, 6.07) is 5.27. The van der Waals surface area contributed by atoms with Crippen LogP contribution in [-0.2, 0) is 11.2 Å². The molecule has 7 heteroatoms. The average molecular weight is 407 g/mol. The summed E-state index contributed by atoms with van der Waals surface area (Å²) in [7, 11) is 0. The summed E-state index contributed by atoms with van der Waals surface area (Å²) in [5.41, 5.74) is 0.851. The molecule has 1 aromatic carbocycles. The quantitative estimate of drug-likeness (QED) is 0.835. The van der Waals surface area contributed by atoms with E-state index in [1.54, 1.807) is 12.1 Å². The summed E-state index contributed by atoms with van der Waals surface area (Å²) < 4.78 is 13.7. The number of rotatable bonds is 3. The fraction of sp³-hybridized carbons (Fsp3) is 0.562. The fourth-order valence-corrected chi connectivity index (χ4v) is 3.68.